The van der Waals surface area contributed by atoms with E-state index in [1.165, 1.54) is 0 Å². The standard InChI is InChI=1S/C9H10BrClO2/c1-12-6-13-5-7-2-3-8(11)4-9(7)10/h2-4H,5-6H2,1H3. The summed E-state index contributed by atoms with van der Waals surface area (Å²) in [5.41, 5.74) is 1.06. The normalized spacial score (nSPS) is 10.4. The molecule has 0 spiro atoms. The summed E-state index contributed by atoms with van der Waals surface area (Å²) in [7, 11) is 1.59. The average Bonchev–Trinajstić information content (AvgIpc) is 2.09. The molecule has 0 fully saturated rings. The second kappa shape index (κ2) is 5.60. The third-order valence-electron chi connectivity index (χ3n) is 1.47. The molecular weight excluding hydrogens is 255 g/mol. The number of halogens is 2. The van der Waals surface area contributed by atoms with Crippen molar-refractivity contribution in [3.8, 4) is 0 Å². The predicted octanol–water partition coefficient (Wildman–Crippen LogP) is 3.22. The molecule has 0 unspecified atom stereocenters. The smallest absolute Gasteiger partial charge is 0.146 e. The molecule has 2 nitrogen and oxygen atoms in total. The van der Waals surface area contributed by atoms with Crippen LogP contribution in [0.3, 0.4) is 0 Å². The van der Waals surface area contributed by atoms with Gasteiger partial charge in [0, 0.05) is 16.6 Å². The lowest BCUT2D eigenvalue weighted by Gasteiger charge is -2.05. The van der Waals surface area contributed by atoms with Crippen LogP contribution >= 0.6 is 27.5 Å². The molecule has 0 heterocycles. The zero-order valence-corrected chi connectivity index (χ0v) is 9.56. The van der Waals surface area contributed by atoms with Gasteiger partial charge in [-0.15, -0.1) is 0 Å². The Morgan fingerprint density at radius 2 is 2.23 bits per heavy atom. The molecule has 1 rings (SSSR count). The van der Waals surface area contributed by atoms with E-state index in [4.69, 9.17) is 21.1 Å². The van der Waals surface area contributed by atoms with Crippen LogP contribution in [0.5, 0.6) is 0 Å². The van der Waals surface area contributed by atoms with Crippen LogP contribution in [0.4, 0.5) is 0 Å². The Labute approximate surface area is 90.9 Å². The molecule has 72 valence electrons. The van der Waals surface area contributed by atoms with Crippen LogP contribution in [-0.2, 0) is 16.1 Å². The van der Waals surface area contributed by atoms with E-state index in [9.17, 15) is 0 Å². The Kier molecular flexibility index (Phi) is 4.73. The van der Waals surface area contributed by atoms with Crippen LogP contribution in [0.15, 0.2) is 22.7 Å². The van der Waals surface area contributed by atoms with E-state index in [-0.39, 0.29) is 0 Å². The van der Waals surface area contributed by atoms with Gasteiger partial charge < -0.3 is 9.47 Å². The number of ether oxygens (including phenoxy) is 2. The second-order valence-electron chi connectivity index (χ2n) is 2.49. The summed E-state index contributed by atoms with van der Waals surface area (Å²) in [5, 5.41) is 0.711. The summed E-state index contributed by atoms with van der Waals surface area (Å²) in [6.45, 7) is 0.820. The molecule has 0 saturated carbocycles. The van der Waals surface area contributed by atoms with Gasteiger partial charge in [0.1, 0.15) is 6.79 Å². The molecule has 0 N–H and O–H groups in total. The van der Waals surface area contributed by atoms with Crippen molar-refractivity contribution in [1.29, 1.82) is 0 Å². The minimum atomic E-state index is 0.301. The molecule has 0 aliphatic carbocycles. The van der Waals surface area contributed by atoms with E-state index < -0.39 is 0 Å². The Morgan fingerprint density at radius 3 is 2.85 bits per heavy atom. The Balaban J connectivity index is 2.56. The van der Waals surface area contributed by atoms with Crippen LogP contribution in [-0.4, -0.2) is 13.9 Å². The van der Waals surface area contributed by atoms with E-state index in [1.54, 1.807) is 7.11 Å². The fourth-order valence-corrected chi connectivity index (χ4v) is 1.67. The Hall–Kier alpha value is -0.0900. The minimum Gasteiger partial charge on any atom is -0.359 e. The van der Waals surface area contributed by atoms with Crippen molar-refractivity contribution in [3.05, 3.63) is 33.3 Å². The molecule has 1 aromatic rings. The first-order chi connectivity index (χ1) is 6.24. The van der Waals surface area contributed by atoms with Crippen LogP contribution in [0.1, 0.15) is 5.56 Å². The van der Waals surface area contributed by atoms with Gasteiger partial charge in [-0.1, -0.05) is 33.6 Å². The minimum absolute atomic E-state index is 0.301. The molecule has 4 heteroatoms. The second-order valence-corrected chi connectivity index (χ2v) is 3.78. The summed E-state index contributed by atoms with van der Waals surface area (Å²) in [6, 6.07) is 5.59. The van der Waals surface area contributed by atoms with Crippen molar-refractivity contribution < 1.29 is 9.47 Å². The monoisotopic (exact) mass is 264 g/mol. The highest BCUT2D eigenvalue weighted by Gasteiger charge is 2.00. The van der Waals surface area contributed by atoms with Gasteiger partial charge in [-0.2, -0.15) is 0 Å². The maximum Gasteiger partial charge on any atom is 0.146 e. The first-order valence-electron chi connectivity index (χ1n) is 3.74. The fourth-order valence-electron chi connectivity index (χ4n) is 0.874. The van der Waals surface area contributed by atoms with E-state index in [0.29, 0.717) is 18.4 Å². The van der Waals surface area contributed by atoms with Gasteiger partial charge in [0.25, 0.3) is 0 Å². The van der Waals surface area contributed by atoms with E-state index in [0.717, 1.165) is 10.0 Å². The topological polar surface area (TPSA) is 18.5 Å². The summed E-state index contributed by atoms with van der Waals surface area (Å²) in [5.74, 6) is 0. The number of rotatable bonds is 4. The highest BCUT2D eigenvalue weighted by atomic mass is 79.9. The Bertz CT molecular complexity index is 278. The van der Waals surface area contributed by atoms with Gasteiger partial charge in [-0.3, -0.25) is 0 Å². The summed E-state index contributed by atoms with van der Waals surface area (Å²) < 4.78 is 10.9. The first-order valence-corrected chi connectivity index (χ1v) is 4.91. The predicted molar refractivity (Wildman–Crippen MR) is 55.8 cm³/mol. The highest BCUT2D eigenvalue weighted by Crippen LogP contribution is 2.21. The number of methoxy groups -OCH3 is 1. The van der Waals surface area contributed by atoms with Crippen molar-refractivity contribution in [2.45, 2.75) is 6.61 Å². The van der Waals surface area contributed by atoms with Crippen LogP contribution in [0.25, 0.3) is 0 Å². The maximum atomic E-state index is 5.78. The van der Waals surface area contributed by atoms with Gasteiger partial charge in [0.05, 0.1) is 6.61 Å². The maximum absolute atomic E-state index is 5.78. The van der Waals surface area contributed by atoms with Crippen molar-refractivity contribution in [2.24, 2.45) is 0 Å². The number of hydrogen-bond donors (Lipinski definition) is 0. The van der Waals surface area contributed by atoms with Crippen molar-refractivity contribution in [2.75, 3.05) is 13.9 Å². The first kappa shape index (κ1) is 11.0. The molecule has 0 saturated heterocycles. The fraction of sp³-hybridized carbons (Fsp3) is 0.333. The van der Waals surface area contributed by atoms with Crippen molar-refractivity contribution in [1.82, 2.24) is 0 Å². The van der Waals surface area contributed by atoms with E-state index >= 15 is 0 Å². The largest absolute Gasteiger partial charge is 0.359 e. The molecular formula is C9H10BrClO2. The lowest BCUT2D eigenvalue weighted by atomic mass is 10.2. The van der Waals surface area contributed by atoms with Crippen molar-refractivity contribution >= 4 is 27.5 Å². The van der Waals surface area contributed by atoms with Crippen molar-refractivity contribution in [3.63, 3.8) is 0 Å². The van der Waals surface area contributed by atoms with Crippen LogP contribution in [0.2, 0.25) is 5.02 Å². The SMILES string of the molecule is COCOCc1ccc(Cl)cc1Br. The van der Waals surface area contributed by atoms with Gasteiger partial charge in [-0.05, 0) is 17.7 Å². The molecule has 13 heavy (non-hydrogen) atoms. The molecule has 0 aromatic heterocycles. The van der Waals surface area contributed by atoms with E-state index in [1.807, 2.05) is 18.2 Å². The lowest BCUT2D eigenvalue weighted by Crippen LogP contribution is -1.97. The highest BCUT2D eigenvalue weighted by molar-refractivity contribution is 9.10. The zero-order valence-electron chi connectivity index (χ0n) is 7.22. The van der Waals surface area contributed by atoms with Crippen LogP contribution < -0.4 is 0 Å². The average molecular weight is 266 g/mol. The van der Waals surface area contributed by atoms with Gasteiger partial charge in [-0.25, -0.2) is 0 Å². The molecule has 0 aliphatic heterocycles. The summed E-state index contributed by atoms with van der Waals surface area (Å²) in [4.78, 5) is 0. The quantitative estimate of drug-likeness (QED) is 0.615. The van der Waals surface area contributed by atoms with Gasteiger partial charge in [0.2, 0.25) is 0 Å². The number of hydrogen-bond acceptors (Lipinski definition) is 2. The molecule has 1 aromatic carbocycles. The molecule has 0 radical (unpaired) electrons. The lowest BCUT2D eigenvalue weighted by molar-refractivity contribution is -0.0392. The van der Waals surface area contributed by atoms with Gasteiger partial charge >= 0.3 is 0 Å². The molecule has 0 amide bonds. The third kappa shape index (κ3) is 3.65. The summed E-state index contributed by atoms with van der Waals surface area (Å²) in [6.07, 6.45) is 0. The van der Waals surface area contributed by atoms with E-state index in [2.05, 4.69) is 15.9 Å². The molecule has 0 bridgehead atoms. The van der Waals surface area contributed by atoms with Crippen LogP contribution in [0, 0.1) is 0 Å². The molecule has 0 atom stereocenters. The zero-order chi connectivity index (χ0) is 9.68. The number of benzene rings is 1. The van der Waals surface area contributed by atoms with Gasteiger partial charge in [0.15, 0.2) is 0 Å². The Morgan fingerprint density at radius 1 is 1.46 bits per heavy atom. The summed E-state index contributed by atoms with van der Waals surface area (Å²) >= 11 is 9.18. The third-order valence-corrected chi connectivity index (χ3v) is 2.45. The molecule has 0 aliphatic rings.